The molecule has 3 N–H and O–H groups in total. The third-order valence-electron chi connectivity index (χ3n) is 3.17. The van der Waals surface area contributed by atoms with Gasteiger partial charge in [0.2, 0.25) is 0 Å². The van der Waals surface area contributed by atoms with Gasteiger partial charge < -0.3 is 15.7 Å². The molecule has 1 rings (SSSR count). The van der Waals surface area contributed by atoms with Gasteiger partial charge in [-0.1, -0.05) is 13.8 Å². The fraction of sp³-hybridized carbons (Fsp3) is 0.818. The van der Waals surface area contributed by atoms with E-state index in [1.807, 2.05) is 0 Å². The lowest BCUT2D eigenvalue weighted by atomic mass is 10.1. The van der Waals surface area contributed by atoms with E-state index in [2.05, 4.69) is 10.6 Å². The maximum atomic E-state index is 11.5. The van der Waals surface area contributed by atoms with Crippen LogP contribution in [-0.2, 0) is 14.6 Å². The minimum atomic E-state index is -3.10. The number of aliphatic carboxylic acids is 1. The average molecular weight is 292 g/mol. The van der Waals surface area contributed by atoms with Crippen LogP contribution in [0.5, 0.6) is 0 Å². The van der Waals surface area contributed by atoms with Crippen molar-refractivity contribution >= 4 is 21.8 Å². The highest BCUT2D eigenvalue weighted by Crippen LogP contribution is 2.18. The smallest absolute Gasteiger partial charge is 0.326 e. The summed E-state index contributed by atoms with van der Waals surface area (Å²) in [4.78, 5) is 22.5. The summed E-state index contributed by atoms with van der Waals surface area (Å²) < 4.78 is 23.1. The van der Waals surface area contributed by atoms with Crippen molar-refractivity contribution in [2.75, 3.05) is 12.3 Å². The molecule has 0 aromatic carbocycles. The lowest BCUT2D eigenvalue weighted by molar-refractivity contribution is -0.140. The Kier molecular flexibility index (Phi) is 5.16. The van der Waals surface area contributed by atoms with Crippen molar-refractivity contribution in [1.82, 2.24) is 10.6 Å². The van der Waals surface area contributed by atoms with Gasteiger partial charge in [-0.05, 0) is 18.8 Å². The summed E-state index contributed by atoms with van der Waals surface area (Å²) in [6.45, 7) is 3.39. The first-order valence-corrected chi connectivity index (χ1v) is 7.94. The highest BCUT2D eigenvalue weighted by Gasteiger charge is 2.31. The Labute approximate surface area is 112 Å². The first-order valence-electron chi connectivity index (χ1n) is 6.22. The number of carbonyl (C=O) groups is 2. The third kappa shape index (κ3) is 4.38. The molecule has 0 aromatic heterocycles. The number of carbonyl (C=O) groups excluding carboxylic acids is 1. The van der Waals surface area contributed by atoms with Gasteiger partial charge in [-0.3, -0.25) is 0 Å². The Balaban J connectivity index is 2.46. The Morgan fingerprint density at radius 3 is 2.42 bits per heavy atom. The Bertz CT molecular complexity index is 446. The molecule has 1 aliphatic heterocycles. The number of nitrogens with one attached hydrogen (secondary N) is 2. The first-order chi connectivity index (χ1) is 8.74. The van der Waals surface area contributed by atoms with Crippen molar-refractivity contribution < 1.29 is 23.1 Å². The lowest BCUT2D eigenvalue weighted by Gasteiger charge is -2.19. The van der Waals surface area contributed by atoms with E-state index >= 15 is 0 Å². The van der Waals surface area contributed by atoms with Gasteiger partial charge in [0, 0.05) is 6.54 Å². The van der Waals surface area contributed by atoms with E-state index in [9.17, 15) is 18.0 Å². The molecular weight excluding hydrogens is 272 g/mol. The predicted octanol–water partition coefficient (Wildman–Crippen LogP) is -0.0280. The zero-order valence-corrected chi connectivity index (χ0v) is 11.9. The fourth-order valence-electron chi connectivity index (χ4n) is 2.00. The van der Waals surface area contributed by atoms with Crippen molar-refractivity contribution in [3.8, 4) is 0 Å². The summed E-state index contributed by atoms with van der Waals surface area (Å²) in [6.07, 6.45) is 1.15. The van der Waals surface area contributed by atoms with E-state index in [0.717, 1.165) is 0 Å². The summed E-state index contributed by atoms with van der Waals surface area (Å²) in [5, 5.41) is 13.1. The maximum absolute atomic E-state index is 11.5. The molecule has 1 saturated heterocycles. The summed E-state index contributed by atoms with van der Waals surface area (Å²) >= 11 is 0. The molecule has 0 saturated carbocycles. The highest BCUT2D eigenvalue weighted by molar-refractivity contribution is 7.92. The number of hydrogen-bond acceptors (Lipinski definition) is 4. The summed E-state index contributed by atoms with van der Waals surface area (Å²) in [6, 6.07) is -1.64. The van der Waals surface area contributed by atoms with Crippen LogP contribution in [0.4, 0.5) is 4.79 Å². The molecule has 2 atom stereocenters. The number of sulfone groups is 1. The summed E-state index contributed by atoms with van der Waals surface area (Å²) in [5.74, 6) is -1.21. The SMILES string of the molecule is CC(C)C(NC(=O)NCC1CCCS1(=O)=O)C(=O)O. The number of carboxylic acids is 1. The van der Waals surface area contributed by atoms with Gasteiger partial charge in [-0.15, -0.1) is 0 Å². The van der Waals surface area contributed by atoms with Crippen molar-refractivity contribution in [3.05, 3.63) is 0 Å². The quantitative estimate of drug-likeness (QED) is 0.659. The van der Waals surface area contributed by atoms with Crippen LogP contribution < -0.4 is 10.6 Å². The minimum absolute atomic E-state index is 0.0264. The molecule has 0 radical (unpaired) electrons. The van der Waals surface area contributed by atoms with Gasteiger partial charge in [0.25, 0.3) is 0 Å². The second-order valence-electron chi connectivity index (χ2n) is 5.05. The second-order valence-corrected chi connectivity index (χ2v) is 7.45. The highest BCUT2D eigenvalue weighted by atomic mass is 32.2. The molecule has 0 bridgehead atoms. The average Bonchev–Trinajstić information content (AvgIpc) is 2.61. The van der Waals surface area contributed by atoms with Crippen molar-refractivity contribution in [1.29, 1.82) is 0 Å². The van der Waals surface area contributed by atoms with Crippen molar-refractivity contribution in [2.24, 2.45) is 5.92 Å². The van der Waals surface area contributed by atoms with Gasteiger partial charge in [-0.25, -0.2) is 18.0 Å². The fourth-order valence-corrected chi connectivity index (χ4v) is 3.77. The standard InChI is InChI=1S/C11H20N2O5S/c1-7(2)9(10(14)15)13-11(16)12-6-8-4-3-5-19(8,17)18/h7-9H,3-6H2,1-2H3,(H,14,15)(H2,12,13,16). The van der Waals surface area contributed by atoms with Crippen LogP contribution in [-0.4, -0.2) is 49.1 Å². The first kappa shape index (κ1) is 15.7. The van der Waals surface area contributed by atoms with Crippen LogP contribution in [0.2, 0.25) is 0 Å². The topological polar surface area (TPSA) is 113 Å². The Morgan fingerprint density at radius 1 is 1.37 bits per heavy atom. The maximum Gasteiger partial charge on any atom is 0.326 e. The molecular formula is C11H20N2O5S. The molecule has 2 unspecified atom stereocenters. The molecule has 19 heavy (non-hydrogen) atoms. The largest absolute Gasteiger partial charge is 0.480 e. The molecule has 110 valence electrons. The van der Waals surface area contributed by atoms with E-state index < -0.39 is 33.1 Å². The third-order valence-corrected chi connectivity index (χ3v) is 5.45. The van der Waals surface area contributed by atoms with E-state index in [1.165, 1.54) is 0 Å². The van der Waals surface area contributed by atoms with Gasteiger partial charge in [0.05, 0.1) is 11.0 Å². The second kappa shape index (κ2) is 6.23. The number of urea groups is 1. The summed E-state index contributed by atoms with van der Waals surface area (Å²) in [7, 11) is -3.10. The number of amides is 2. The monoisotopic (exact) mass is 292 g/mol. The van der Waals surface area contributed by atoms with E-state index in [4.69, 9.17) is 5.11 Å². The normalized spacial score (nSPS) is 23.0. The van der Waals surface area contributed by atoms with Gasteiger partial charge >= 0.3 is 12.0 Å². The van der Waals surface area contributed by atoms with E-state index in [1.54, 1.807) is 13.8 Å². The van der Waals surface area contributed by atoms with Crippen molar-refractivity contribution in [3.63, 3.8) is 0 Å². The van der Waals surface area contributed by atoms with Crippen LogP contribution in [0.1, 0.15) is 26.7 Å². The molecule has 0 aliphatic carbocycles. The van der Waals surface area contributed by atoms with E-state index in [0.29, 0.717) is 12.8 Å². The molecule has 1 heterocycles. The van der Waals surface area contributed by atoms with Gasteiger partial charge in [-0.2, -0.15) is 0 Å². The van der Waals surface area contributed by atoms with Crippen molar-refractivity contribution in [2.45, 2.75) is 38.0 Å². The molecule has 1 fully saturated rings. The molecule has 8 heteroatoms. The molecule has 0 spiro atoms. The van der Waals surface area contributed by atoms with Crippen LogP contribution in [0.3, 0.4) is 0 Å². The molecule has 2 amide bonds. The van der Waals surface area contributed by atoms with Crippen LogP contribution in [0.25, 0.3) is 0 Å². The molecule has 7 nitrogen and oxygen atoms in total. The Morgan fingerprint density at radius 2 is 2.00 bits per heavy atom. The van der Waals surface area contributed by atoms with Gasteiger partial charge in [0.1, 0.15) is 6.04 Å². The number of hydrogen-bond donors (Lipinski definition) is 3. The summed E-state index contributed by atoms with van der Waals surface area (Å²) in [5.41, 5.74) is 0. The minimum Gasteiger partial charge on any atom is -0.480 e. The van der Waals surface area contributed by atoms with Crippen LogP contribution >= 0.6 is 0 Å². The molecule has 1 aliphatic rings. The zero-order valence-electron chi connectivity index (χ0n) is 11.0. The number of rotatable bonds is 5. The zero-order chi connectivity index (χ0) is 14.6. The van der Waals surface area contributed by atoms with Crippen LogP contribution in [0.15, 0.2) is 0 Å². The van der Waals surface area contributed by atoms with Gasteiger partial charge in [0.15, 0.2) is 9.84 Å². The number of carboxylic acid groups (broad SMARTS) is 1. The molecule has 0 aromatic rings. The Hall–Kier alpha value is -1.31. The van der Waals surface area contributed by atoms with E-state index in [-0.39, 0.29) is 18.2 Å². The lowest BCUT2D eigenvalue weighted by Crippen LogP contribution is -2.50. The van der Waals surface area contributed by atoms with Crippen LogP contribution in [0, 0.1) is 5.92 Å². The predicted molar refractivity (Wildman–Crippen MR) is 69.6 cm³/mol.